The number of hydrogen-bond acceptors (Lipinski definition) is 4. The van der Waals surface area contributed by atoms with Crippen LogP contribution in [0.3, 0.4) is 0 Å². The lowest BCUT2D eigenvalue weighted by molar-refractivity contribution is -0.0579. The van der Waals surface area contributed by atoms with Crippen molar-refractivity contribution in [2.24, 2.45) is 5.41 Å². The molecule has 1 saturated carbocycles. The van der Waals surface area contributed by atoms with Gasteiger partial charge in [-0.1, -0.05) is 85.6 Å². The van der Waals surface area contributed by atoms with Crippen molar-refractivity contribution in [3.05, 3.63) is 63.5 Å². The molecular formula is C34H48N2O2Si. The van der Waals surface area contributed by atoms with E-state index in [1.165, 1.54) is 46.5 Å². The van der Waals surface area contributed by atoms with Crippen LogP contribution in [-0.2, 0) is 27.6 Å². The largest absolute Gasteiger partial charge is 0.410 e. The fourth-order valence-corrected chi connectivity index (χ4v) is 8.18. The highest BCUT2D eigenvalue weighted by Crippen LogP contribution is 2.60. The average Bonchev–Trinajstić information content (AvgIpc) is 3.43. The quantitative estimate of drug-likeness (QED) is 0.352. The Hall–Kier alpha value is -2.00. The van der Waals surface area contributed by atoms with Crippen LogP contribution < -0.4 is 0 Å². The second-order valence-electron chi connectivity index (χ2n) is 15.0. The Labute approximate surface area is 237 Å². The highest BCUT2D eigenvalue weighted by molar-refractivity contribution is 6.74. The molecule has 0 amide bonds. The van der Waals surface area contributed by atoms with Gasteiger partial charge in [0.25, 0.3) is 0 Å². The highest BCUT2D eigenvalue weighted by atomic mass is 28.4. The maximum absolute atomic E-state index is 9.18. The third-order valence-electron chi connectivity index (χ3n) is 9.91. The van der Waals surface area contributed by atoms with Gasteiger partial charge in [0.2, 0.25) is 0 Å². The lowest BCUT2D eigenvalue weighted by Crippen LogP contribution is -2.44. The van der Waals surface area contributed by atoms with Crippen molar-refractivity contribution in [2.45, 2.75) is 135 Å². The van der Waals surface area contributed by atoms with E-state index in [2.05, 4.69) is 91.9 Å². The van der Waals surface area contributed by atoms with Crippen LogP contribution in [0.2, 0.25) is 18.1 Å². The van der Waals surface area contributed by atoms with Crippen LogP contribution in [0.5, 0.6) is 0 Å². The second-order valence-corrected chi connectivity index (χ2v) is 19.7. The summed E-state index contributed by atoms with van der Waals surface area (Å²) in [6.07, 6.45) is 6.86. The number of fused-ring (bicyclic) bond motifs is 4. The zero-order valence-electron chi connectivity index (χ0n) is 25.7. The molecule has 0 radical (unpaired) electrons. The molecule has 0 saturated heterocycles. The molecular weight excluding hydrogens is 496 g/mol. The first-order chi connectivity index (χ1) is 18.2. The summed E-state index contributed by atoms with van der Waals surface area (Å²) in [5, 5.41) is 9.32. The molecule has 0 unspecified atom stereocenters. The molecule has 5 heteroatoms. The molecule has 2 aliphatic carbocycles. The number of nitrogens with zero attached hydrogens (tertiary/aromatic N) is 2. The van der Waals surface area contributed by atoms with Gasteiger partial charge in [0.1, 0.15) is 6.10 Å². The third kappa shape index (κ3) is 5.02. The van der Waals surface area contributed by atoms with Gasteiger partial charge in [0, 0.05) is 22.5 Å². The van der Waals surface area contributed by atoms with E-state index in [1.54, 1.807) is 0 Å². The highest BCUT2D eigenvalue weighted by Gasteiger charge is 2.54. The van der Waals surface area contributed by atoms with Crippen molar-refractivity contribution in [1.29, 1.82) is 5.26 Å². The van der Waals surface area contributed by atoms with Crippen molar-refractivity contribution in [3.8, 4) is 6.07 Å². The minimum Gasteiger partial charge on any atom is -0.410 e. The van der Waals surface area contributed by atoms with Crippen molar-refractivity contribution in [1.82, 2.24) is 4.98 Å². The van der Waals surface area contributed by atoms with Gasteiger partial charge in [0.05, 0.1) is 24.2 Å². The van der Waals surface area contributed by atoms with Gasteiger partial charge in [0.15, 0.2) is 8.32 Å². The summed E-state index contributed by atoms with van der Waals surface area (Å²) in [6, 6.07) is 10.8. The normalized spacial score (nSPS) is 23.6. The summed E-state index contributed by atoms with van der Waals surface area (Å²) in [5.41, 5.74) is 8.63. The predicted molar refractivity (Wildman–Crippen MR) is 160 cm³/mol. The van der Waals surface area contributed by atoms with Crippen molar-refractivity contribution in [3.63, 3.8) is 0 Å². The van der Waals surface area contributed by atoms with E-state index in [1.807, 2.05) is 0 Å². The number of pyridine rings is 1. The summed E-state index contributed by atoms with van der Waals surface area (Å²) in [6.45, 7) is 21.1. The van der Waals surface area contributed by atoms with E-state index in [4.69, 9.17) is 14.1 Å². The van der Waals surface area contributed by atoms with E-state index in [0.29, 0.717) is 12.3 Å². The van der Waals surface area contributed by atoms with Crippen molar-refractivity contribution in [2.75, 3.05) is 0 Å². The molecule has 4 nitrogen and oxygen atoms in total. The van der Waals surface area contributed by atoms with E-state index in [0.717, 1.165) is 31.2 Å². The van der Waals surface area contributed by atoms with Crippen LogP contribution >= 0.6 is 0 Å². The molecule has 210 valence electrons. The van der Waals surface area contributed by atoms with Crippen LogP contribution in [-0.4, -0.2) is 13.3 Å². The fourth-order valence-electron chi connectivity index (χ4n) is 6.92. The van der Waals surface area contributed by atoms with Gasteiger partial charge >= 0.3 is 0 Å². The molecule has 3 aliphatic rings. The molecule has 1 aromatic heterocycles. The van der Waals surface area contributed by atoms with Crippen LogP contribution in [0, 0.1) is 16.7 Å². The van der Waals surface area contributed by atoms with Crippen LogP contribution in [0.15, 0.2) is 24.3 Å². The van der Waals surface area contributed by atoms with Gasteiger partial charge in [-0.05, 0) is 71.8 Å². The van der Waals surface area contributed by atoms with Gasteiger partial charge in [-0.25, -0.2) is 0 Å². The zero-order chi connectivity index (χ0) is 28.4. The topological polar surface area (TPSA) is 55.1 Å². The van der Waals surface area contributed by atoms with Crippen molar-refractivity contribution < 1.29 is 9.16 Å². The molecule has 1 spiro atoms. The summed E-state index contributed by atoms with van der Waals surface area (Å²) < 4.78 is 14.6. The Morgan fingerprint density at radius 3 is 2.31 bits per heavy atom. The van der Waals surface area contributed by atoms with E-state index >= 15 is 0 Å². The number of aromatic nitrogens is 1. The first-order valence-electron chi connectivity index (χ1n) is 15.1. The Bertz CT molecular complexity index is 1270. The Morgan fingerprint density at radius 1 is 1.10 bits per heavy atom. The number of hydrogen-bond donors (Lipinski definition) is 0. The fraction of sp³-hybridized carbons (Fsp3) is 0.647. The molecule has 0 N–H and O–H groups in total. The van der Waals surface area contributed by atoms with E-state index < -0.39 is 8.32 Å². The molecule has 1 aliphatic heterocycles. The predicted octanol–water partition coefficient (Wildman–Crippen LogP) is 9.20. The zero-order valence-corrected chi connectivity index (χ0v) is 26.7. The minimum atomic E-state index is -2.03. The number of rotatable bonds is 5. The van der Waals surface area contributed by atoms with Gasteiger partial charge in [-0.3, -0.25) is 4.98 Å². The lowest BCUT2D eigenvalue weighted by Gasteiger charge is -2.45. The standard InChI is InChI=1S/C34H48N2O2Si/c1-22(2)30-28-29(27-25(36-30)20-33(6,7)21-26(27)38-39(8,9)32(3,4)5)34(17-10-11-18-34)37-31(28)24-14-12-23(13-15-24)16-19-35/h12-15,22,26,31H,10-11,16-18,20-21H2,1-9H3/t26-,31+/m0/s1. The second kappa shape index (κ2) is 9.82. The summed E-state index contributed by atoms with van der Waals surface area (Å²) in [4.78, 5) is 5.51. The Balaban J connectivity index is 1.75. The average molecular weight is 545 g/mol. The van der Waals surface area contributed by atoms with Crippen molar-refractivity contribution >= 4 is 8.32 Å². The molecule has 2 atom stereocenters. The maximum Gasteiger partial charge on any atom is 0.192 e. The molecule has 1 fully saturated rings. The smallest absolute Gasteiger partial charge is 0.192 e. The molecule has 2 aromatic rings. The first-order valence-corrected chi connectivity index (χ1v) is 18.0. The first kappa shape index (κ1) is 28.5. The summed E-state index contributed by atoms with van der Waals surface area (Å²) in [7, 11) is -2.03. The molecule has 5 rings (SSSR count). The number of benzene rings is 1. The van der Waals surface area contributed by atoms with Crippen LogP contribution in [0.1, 0.15) is 138 Å². The molecule has 2 heterocycles. The molecule has 0 bridgehead atoms. The summed E-state index contributed by atoms with van der Waals surface area (Å²) in [5.74, 6) is 0.300. The van der Waals surface area contributed by atoms with Gasteiger partial charge in [-0.2, -0.15) is 5.26 Å². The number of ether oxygens (including phenoxy) is 1. The van der Waals surface area contributed by atoms with Gasteiger partial charge < -0.3 is 9.16 Å². The van der Waals surface area contributed by atoms with Crippen LogP contribution in [0.25, 0.3) is 0 Å². The lowest BCUT2D eigenvalue weighted by atomic mass is 9.70. The third-order valence-corrected chi connectivity index (χ3v) is 14.4. The molecule has 1 aromatic carbocycles. The SMILES string of the molecule is CC(C)c1nc2c(c3c1[C@@H](c1ccc(CC#N)cc1)OC31CCCC1)[C@@H](O[Si](C)(C)C(C)(C)C)CC(C)(C)C2. The van der Waals surface area contributed by atoms with Crippen LogP contribution in [0.4, 0.5) is 0 Å². The molecule has 39 heavy (non-hydrogen) atoms. The Kier molecular flexibility index (Phi) is 7.18. The van der Waals surface area contributed by atoms with Gasteiger partial charge in [-0.15, -0.1) is 0 Å². The number of nitriles is 1. The minimum absolute atomic E-state index is 0.0462. The maximum atomic E-state index is 9.18. The Morgan fingerprint density at radius 2 is 1.74 bits per heavy atom. The van der Waals surface area contributed by atoms with E-state index in [-0.39, 0.29) is 28.3 Å². The summed E-state index contributed by atoms with van der Waals surface area (Å²) >= 11 is 0. The monoisotopic (exact) mass is 544 g/mol. The van der Waals surface area contributed by atoms with E-state index in [9.17, 15) is 5.26 Å².